The molecule has 116 valence electrons. The molecule has 2 aromatic carbocycles. The van der Waals surface area contributed by atoms with Gasteiger partial charge < -0.3 is 15.4 Å². The first-order valence-corrected chi connectivity index (χ1v) is 7.84. The monoisotopic (exact) mass is 334 g/mol. The van der Waals surface area contributed by atoms with Gasteiger partial charge in [0.2, 0.25) is 0 Å². The molecule has 0 saturated carbocycles. The van der Waals surface area contributed by atoms with Crippen LogP contribution in [0.4, 0.5) is 5.69 Å². The number of hydrogen-bond acceptors (Lipinski definition) is 2. The highest BCUT2D eigenvalue weighted by Crippen LogP contribution is 2.18. The molecule has 2 N–H and O–H groups in total. The molecule has 0 aliphatic heterocycles. The number of halogens is 1. The van der Waals surface area contributed by atoms with Gasteiger partial charge in [0, 0.05) is 10.7 Å². The second-order valence-corrected chi connectivity index (χ2v) is 5.85. The number of hydrogen-bond donors (Lipinski definition) is 2. The zero-order valence-electron chi connectivity index (χ0n) is 12.7. The van der Waals surface area contributed by atoms with Crippen molar-refractivity contribution in [3.63, 3.8) is 0 Å². The Hall–Kier alpha value is -1.78. The van der Waals surface area contributed by atoms with Gasteiger partial charge in [-0.2, -0.15) is 0 Å². The maximum absolute atomic E-state index is 5.84. The summed E-state index contributed by atoms with van der Waals surface area (Å²) in [6.45, 7) is 5.29. The Bertz CT molecular complexity index is 644. The second-order valence-electron chi connectivity index (χ2n) is 5.01. The predicted molar refractivity (Wildman–Crippen MR) is 97.1 cm³/mol. The highest BCUT2D eigenvalue weighted by molar-refractivity contribution is 7.80. The predicted octanol–water partition coefficient (Wildman–Crippen LogP) is 4.32. The quantitative estimate of drug-likeness (QED) is 0.630. The SMILES string of the molecule is Cc1ccc(OCCNC(=S)Nc2ccc(Cl)cc2)c(C)c1. The second kappa shape index (κ2) is 8.01. The largest absolute Gasteiger partial charge is 0.491 e. The minimum Gasteiger partial charge on any atom is -0.491 e. The van der Waals surface area contributed by atoms with Crippen LogP contribution in [0.15, 0.2) is 42.5 Å². The molecule has 2 aromatic rings. The van der Waals surface area contributed by atoms with Crippen LogP contribution in [0.3, 0.4) is 0 Å². The molecule has 3 nitrogen and oxygen atoms in total. The Morgan fingerprint density at radius 3 is 2.55 bits per heavy atom. The van der Waals surface area contributed by atoms with E-state index in [0.29, 0.717) is 23.3 Å². The Balaban J connectivity index is 1.72. The van der Waals surface area contributed by atoms with Gasteiger partial charge in [-0.05, 0) is 62.0 Å². The van der Waals surface area contributed by atoms with Gasteiger partial charge in [0.05, 0.1) is 6.54 Å². The van der Waals surface area contributed by atoms with Gasteiger partial charge in [-0.25, -0.2) is 0 Å². The maximum Gasteiger partial charge on any atom is 0.170 e. The van der Waals surface area contributed by atoms with E-state index in [4.69, 9.17) is 28.6 Å². The van der Waals surface area contributed by atoms with E-state index in [0.717, 1.165) is 17.0 Å². The third-order valence-corrected chi connectivity index (χ3v) is 3.58. The lowest BCUT2D eigenvalue weighted by atomic mass is 10.1. The van der Waals surface area contributed by atoms with Crippen LogP contribution >= 0.6 is 23.8 Å². The van der Waals surface area contributed by atoms with E-state index in [1.54, 1.807) is 0 Å². The lowest BCUT2D eigenvalue weighted by Crippen LogP contribution is -2.31. The normalized spacial score (nSPS) is 10.1. The summed E-state index contributed by atoms with van der Waals surface area (Å²) in [5.41, 5.74) is 3.27. The number of benzene rings is 2. The van der Waals surface area contributed by atoms with Crippen LogP contribution in [0.1, 0.15) is 11.1 Å². The molecule has 0 aliphatic carbocycles. The fourth-order valence-corrected chi connectivity index (χ4v) is 2.34. The molecule has 22 heavy (non-hydrogen) atoms. The first-order valence-electron chi connectivity index (χ1n) is 7.05. The fraction of sp³-hybridized carbons (Fsp3) is 0.235. The summed E-state index contributed by atoms with van der Waals surface area (Å²) in [5, 5.41) is 7.46. The molecule has 0 atom stereocenters. The van der Waals surface area contributed by atoms with Gasteiger partial charge in [-0.1, -0.05) is 29.3 Å². The van der Waals surface area contributed by atoms with Crippen molar-refractivity contribution in [3.8, 4) is 5.75 Å². The number of anilines is 1. The summed E-state index contributed by atoms with van der Waals surface area (Å²) in [4.78, 5) is 0. The van der Waals surface area contributed by atoms with Gasteiger partial charge >= 0.3 is 0 Å². The van der Waals surface area contributed by atoms with Crippen molar-refractivity contribution < 1.29 is 4.74 Å². The highest BCUT2D eigenvalue weighted by atomic mass is 35.5. The lowest BCUT2D eigenvalue weighted by molar-refractivity contribution is 0.320. The molecule has 0 amide bonds. The molecule has 0 bridgehead atoms. The first-order chi connectivity index (χ1) is 10.5. The molecular weight excluding hydrogens is 316 g/mol. The third kappa shape index (κ3) is 5.20. The average Bonchev–Trinajstić information content (AvgIpc) is 2.48. The van der Waals surface area contributed by atoms with Crippen molar-refractivity contribution in [3.05, 3.63) is 58.6 Å². The molecule has 5 heteroatoms. The molecule has 0 heterocycles. The van der Waals surface area contributed by atoms with E-state index in [2.05, 4.69) is 23.6 Å². The van der Waals surface area contributed by atoms with Gasteiger partial charge in [-0.15, -0.1) is 0 Å². The summed E-state index contributed by atoms with van der Waals surface area (Å²) in [6.07, 6.45) is 0. The molecule has 0 fully saturated rings. The zero-order valence-corrected chi connectivity index (χ0v) is 14.2. The number of ether oxygens (including phenoxy) is 1. The van der Waals surface area contributed by atoms with Crippen molar-refractivity contribution in [2.45, 2.75) is 13.8 Å². The van der Waals surface area contributed by atoms with E-state index in [9.17, 15) is 0 Å². The molecule has 0 aromatic heterocycles. The molecule has 0 radical (unpaired) electrons. The van der Waals surface area contributed by atoms with Crippen molar-refractivity contribution in [2.24, 2.45) is 0 Å². The molecule has 0 saturated heterocycles. The molecule has 2 rings (SSSR count). The number of rotatable bonds is 5. The van der Waals surface area contributed by atoms with Crippen LogP contribution in [0.25, 0.3) is 0 Å². The smallest absolute Gasteiger partial charge is 0.170 e. The maximum atomic E-state index is 5.84. The topological polar surface area (TPSA) is 33.3 Å². The summed E-state index contributed by atoms with van der Waals surface area (Å²) in [7, 11) is 0. The number of thiocarbonyl (C=S) groups is 1. The summed E-state index contributed by atoms with van der Waals surface area (Å²) < 4.78 is 5.74. The van der Waals surface area contributed by atoms with Crippen LogP contribution in [-0.4, -0.2) is 18.3 Å². The van der Waals surface area contributed by atoms with Crippen molar-refractivity contribution in [2.75, 3.05) is 18.5 Å². The standard InChI is InChI=1S/C17H19ClN2OS/c1-12-3-8-16(13(2)11-12)21-10-9-19-17(22)20-15-6-4-14(18)5-7-15/h3-8,11H,9-10H2,1-2H3,(H2,19,20,22). The van der Waals surface area contributed by atoms with Crippen LogP contribution < -0.4 is 15.4 Å². The average molecular weight is 335 g/mol. The Labute approximate surface area is 141 Å². The lowest BCUT2D eigenvalue weighted by Gasteiger charge is -2.12. The highest BCUT2D eigenvalue weighted by Gasteiger charge is 2.00. The molecule has 0 unspecified atom stereocenters. The van der Waals surface area contributed by atoms with Gasteiger partial charge in [-0.3, -0.25) is 0 Å². The van der Waals surface area contributed by atoms with E-state index in [1.807, 2.05) is 43.3 Å². The van der Waals surface area contributed by atoms with E-state index in [1.165, 1.54) is 5.56 Å². The van der Waals surface area contributed by atoms with Crippen molar-refractivity contribution >= 4 is 34.6 Å². The fourth-order valence-electron chi connectivity index (χ4n) is 2.00. The van der Waals surface area contributed by atoms with Gasteiger partial charge in [0.15, 0.2) is 5.11 Å². The minimum absolute atomic E-state index is 0.548. The Morgan fingerprint density at radius 2 is 1.86 bits per heavy atom. The van der Waals surface area contributed by atoms with Crippen molar-refractivity contribution in [1.29, 1.82) is 0 Å². The van der Waals surface area contributed by atoms with Crippen LogP contribution in [0, 0.1) is 13.8 Å². The molecular formula is C17H19ClN2OS. The minimum atomic E-state index is 0.548. The Kier molecular flexibility index (Phi) is 6.04. The first kappa shape index (κ1) is 16.6. The van der Waals surface area contributed by atoms with E-state index in [-0.39, 0.29) is 0 Å². The molecule has 0 spiro atoms. The van der Waals surface area contributed by atoms with Crippen LogP contribution in [0.2, 0.25) is 5.02 Å². The number of aryl methyl sites for hydroxylation is 2. The van der Waals surface area contributed by atoms with E-state index < -0.39 is 0 Å². The van der Waals surface area contributed by atoms with Gasteiger partial charge in [0.25, 0.3) is 0 Å². The molecule has 0 aliphatic rings. The number of nitrogens with one attached hydrogen (secondary N) is 2. The van der Waals surface area contributed by atoms with Crippen molar-refractivity contribution in [1.82, 2.24) is 5.32 Å². The Morgan fingerprint density at radius 1 is 1.14 bits per heavy atom. The third-order valence-electron chi connectivity index (χ3n) is 3.08. The van der Waals surface area contributed by atoms with Crippen LogP contribution in [0.5, 0.6) is 5.75 Å². The summed E-state index contributed by atoms with van der Waals surface area (Å²) >= 11 is 11.1. The van der Waals surface area contributed by atoms with E-state index >= 15 is 0 Å². The summed E-state index contributed by atoms with van der Waals surface area (Å²) in [5.74, 6) is 0.906. The van der Waals surface area contributed by atoms with Gasteiger partial charge in [0.1, 0.15) is 12.4 Å². The zero-order chi connectivity index (χ0) is 15.9. The van der Waals surface area contributed by atoms with Crippen LogP contribution in [-0.2, 0) is 0 Å². The summed E-state index contributed by atoms with van der Waals surface area (Å²) in [6, 6.07) is 13.5.